The lowest BCUT2D eigenvalue weighted by Gasteiger charge is -2.09. The highest BCUT2D eigenvalue weighted by Crippen LogP contribution is 2.05. The number of rotatable bonds is 7. The molecule has 1 N–H and O–H groups in total. The molecule has 0 aromatic heterocycles. The summed E-state index contributed by atoms with van der Waals surface area (Å²) in [7, 11) is 1.95. The van der Waals surface area contributed by atoms with Crippen LogP contribution < -0.4 is 5.32 Å². The molecule has 1 heteroatoms. The second-order valence-corrected chi connectivity index (χ2v) is 2.94. The Labute approximate surface area is 70.9 Å². The number of hydrogen-bond donors (Lipinski definition) is 1. The lowest BCUT2D eigenvalue weighted by Crippen LogP contribution is -2.21. The Kier molecular flexibility index (Phi) is 7.59. The van der Waals surface area contributed by atoms with Crippen molar-refractivity contribution < 1.29 is 0 Å². The molecule has 0 aromatic rings. The normalized spacial score (nSPS) is 12.9. The van der Waals surface area contributed by atoms with Gasteiger partial charge in [0, 0.05) is 6.04 Å². The van der Waals surface area contributed by atoms with E-state index in [1.165, 1.54) is 32.1 Å². The van der Waals surface area contributed by atoms with Crippen LogP contribution >= 0.6 is 0 Å². The zero-order chi connectivity index (χ0) is 8.53. The van der Waals surface area contributed by atoms with E-state index < -0.39 is 0 Å². The van der Waals surface area contributed by atoms with Gasteiger partial charge in [0.05, 0.1) is 0 Å². The third kappa shape index (κ3) is 6.11. The zero-order valence-corrected chi connectivity index (χ0v) is 7.77. The van der Waals surface area contributed by atoms with Crippen molar-refractivity contribution in [3.05, 3.63) is 12.7 Å². The molecule has 0 aliphatic rings. The predicted molar refractivity (Wildman–Crippen MR) is 50.5 cm³/mol. The van der Waals surface area contributed by atoms with Crippen LogP contribution in [0.3, 0.4) is 0 Å². The molecule has 1 radical (unpaired) electrons. The molecule has 0 amide bonds. The SMILES string of the molecule is [CH]=CC(CCCCCC)NC. The summed E-state index contributed by atoms with van der Waals surface area (Å²) in [5, 5.41) is 3.15. The van der Waals surface area contributed by atoms with Crippen molar-refractivity contribution in [3.63, 3.8) is 0 Å². The Bertz CT molecular complexity index is 88.9. The van der Waals surface area contributed by atoms with Gasteiger partial charge in [0.2, 0.25) is 0 Å². The summed E-state index contributed by atoms with van der Waals surface area (Å²) in [5.41, 5.74) is 0. The van der Waals surface area contributed by atoms with Crippen molar-refractivity contribution >= 4 is 0 Å². The van der Waals surface area contributed by atoms with E-state index in [2.05, 4.69) is 12.2 Å². The highest BCUT2D eigenvalue weighted by Gasteiger charge is 1.98. The largest absolute Gasteiger partial charge is 0.314 e. The topological polar surface area (TPSA) is 12.0 Å². The van der Waals surface area contributed by atoms with Gasteiger partial charge in [-0.25, -0.2) is 0 Å². The molecule has 0 heterocycles. The second-order valence-electron chi connectivity index (χ2n) is 2.94. The van der Waals surface area contributed by atoms with E-state index >= 15 is 0 Å². The van der Waals surface area contributed by atoms with Crippen LogP contribution in [0.1, 0.15) is 39.0 Å². The van der Waals surface area contributed by atoms with Crippen molar-refractivity contribution in [1.29, 1.82) is 0 Å². The highest BCUT2D eigenvalue weighted by molar-refractivity contribution is 4.81. The molecule has 0 saturated heterocycles. The van der Waals surface area contributed by atoms with E-state index in [9.17, 15) is 0 Å². The van der Waals surface area contributed by atoms with Gasteiger partial charge in [-0.15, -0.1) is 0 Å². The molecule has 1 atom stereocenters. The summed E-state index contributed by atoms with van der Waals surface area (Å²) in [4.78, 5) is 0. The molecule has 11 heavy (non-hydrogen) atoms. The Morgan fingerprint density at radius 1 is 1.36 bits per heavy atom. The molecule has 1 nitrogen and oxygen atoms in total. The Morgan fingerprint density at radius 3 is 2.55 bits per heavy atom. The first kappa shape index (κ1) is 10.7. The van der Waals surface area contributed by atoms with E-state index in [0.29, 0.717) is 6.04 Å². The first-order chi connectivity index (χ1) is 5.35. The van der Waals surface area contributed by atoms with E-state index in [1.807, 2.05) is 7.05 Å². The lowest BCUT2D eigenvalue weighted by molar-refractivity contribution is 0.551. The van der Waals surface area contributed by atoms with E-state index in [-0.39, 0.29) is 0 Å². The first-order valence-electron chi connectivity index (χ1n) is 4.57. The van der Waals surface area contributed by atoms with Crippen LogP contribution in [0.2, 0.25) is 0 Å². The van der Waals surface area contributed by atoms with Gasteiger partial charge in [-0.1, -0.05) is 45.3 Å². The molecule has 0 bridgehead atoms. The van der Waals surface area contributed by atoms with Gasteiger partial charge in [-0.2, -0.15) is 0 Å². The van der Waals surface area contributed by atoms with Crippen molar-refractivity contribution in [2.24, 2.45) is 0 Å². The number of unbranched alkanes of at least 4 members (excludes halogenated alkanes) is 3. The predicted octanol–water partition coefficient (Wildman–Crippen LogP) is 2.53. The highest BCUT2D eigenvalue weighted by atomic mass is 14.8. The minimum absolute atomic E-state index is 0.409. The van der Waals surface area contributed by atoms with Crippen molar-refractivity contribution in [3.8, 4) is 0 Å². The molecule has 65 valence electrons. The standard InChI is InChI=1S/C10H20N/c1-4-6-7-8-9-10(5-2)11-3/h2,5,10-11H,4,6-9H2,1,3H3. The van der Waals surface area contributed by atoms with Crippen molar-refractivity contribution in [2.75, 3.05) is 7.05 Å². The minimum Gasteiger partial charge on any atom is -0.314 e. The number of likely N-dealkylation sites (N-methyl/N-ethyl adjacent to an activating group) is 1. The molecule has 0 saturated carbocycles. The smallest absolute Gasteiger partial charge is 0.0250 e. The summed E-state index contributed by atoms with van der Waals surface area (Å²) in [6.45, 7) is 7.64. The Balaban J connectivity index is 3.14. The van der Waals surface area contributed by atoms with Gasteiger partial charge in [-0.05, 0) is 13.5 Å². The molecular formula is C10H20N. The van der Waals surface area contributed by atoms with Crippen LogP contribution in [0, 0.1) is 6.58 Å². The van der Waals surface area contributed by atoms with Crippen LogP contribution in [0.15, 0.2) is 6.08 Å². The third-order valence-electron chi connectivity index (χ3n) is 1.97. The quantitative estimate of drug-likeness (QED) is 0.556. The number of hydrogen-bond acceptors (Lipinski definition) is 1. The zero-order valence-electron chi connectivity index (χ0n) is 7.77. The van der Waals surface area contributed by atoms with E-state index in [4.69, 9.17) is 6.58 Å². The molecule has 0 aliphatic heterocycles. The average Bonchev–Trinajstić information content (AvgIpc) is 2.05. The molecule has 0 aliphatic carbocycles. The van der Waals surface area contributed by atoms with Crippen LogP contribution in [0.5, 0.6) is 0 Å². The molecular weight excluding hydrogens is 134 g/mol. The third-order valence-corrected chi connectivity index (χ3v) is 1.97. The van der Waals surface area contributed by atoms with Gasteiger partial charge < -0.3 is 5.32 Å². The molecule has 0 spiro atoms. The maximum absolute atomic E-state index is 5.41. The van der Waals surface area contributed by atoms with Crippen molar-refractivity contribution in [2.45, 2.75) is 45.1 Å². The Morgan fingerprint density at radius 2 is 2.09 bits per heavy atom. The fourth-order valence-electron chi connectivity index (χ4n) is 1.13. The summed E-state index contributed by atoms with van der Waals surface area (Å²) >= 11 is 0. The van der Waals surface area contributed by atoms with Gasteiger partial charge in [0.15, 0.2) is 0 Å². The summed E-state index contributed by atoms with van der Waals surface area (Å²) in [6.07, 6.45) is 8.19. The van der Waals surface area contributed by atoms with Crippen molar-refractivity contribution in [1.82, 2.24) is 5.32 Å². The van der Waals surface area contributed by atoms with Gasteiger partial charge in [-0.3, -0.25) is 0 Å². The lowest BCUT2D eigenvalue weighted by atomic mass is 10.1. The number of nitrogens with one attached hydrogen (secondary N) is 1. The van der Waals surface area contributed by atoms with Crippen LogP contribution in [-0.4, -0.2) is 13.1 Å². The first-order valence-corrected chi connectivity index (χ1v) is 4.57. The maximum Gasteiger partial charge on any atom is 0.0250 e. The van der Waals surface area contributed by atoms with E-state index in [1.54, 1.807) is 6.08 Å². The van der Waals surface area contributed by atoms with Gasteiger partial charge in [0.25, 0.3) is 0 Å². The fraction of sp³-hybridized carbons (Fsp3) is 0.800. The molecule has 0 aromatic carbocycles. The van der Waals surface area contributed by atoms with Crippen LogP contribution in [0.25, 0.3) is 0 Å². The minimum atomic E-state index is 0.409. The summed E-state index contributed by atoms with van der Waals surface area (Å²) in [5.74, 6) is 0. The summed E-state index contributed by atoms with van der Waals surface area (Å²) in [6, 6.07) is 0.409. The van der Waals surface area contributed by atoms with Crippen LogP contribution in [0.4, 0.5) is 0 Å². The molecule has 0 fully saturated rings. The second kappa shape index (κ2) is 7.80. The van der Waals surface area contributed by atoms with Crippen LogP contribution in [-0.2, 0) is 0 Å². The van der Waals surface area contributed by atoms with Gasteiger partial charge >= 0.3 is 0 Å². The Hall–Kier alpha value is -0.300. The average molecular weight is 154 g/mol. The monoisotopic (exact) mass is 154 g/mol. The molecule has 1 unspecified atom stereocenters. The fourth-order valence-corrected chi connectivity index (χ4v) is 1.13. The van der Waals surface area contributed by atoms with Gasteiger partial charge in [0.1, 0.15) is 0 Å². The molecule has 0 rings (SSSR count). The van der Waals surface area contributed by atoms with E-state index in [0.717, 1.165) is 0 Å². The summed E-state index contributed by atoms with van der Waals surface area (Å²) < 4.78 is 0. The maximum atomic E-state index is 5.41.